The number of anilines is 2. The van der Waals surface area contributed by atoms with E-state index in [9.17, 15) is 4.79 Å². The van der Waals surface area contributed by atoms with E-state index in [0.717, 1.165) is 34.5 Å². The highest BCUT2D eigenvalue weighted by Crippen LogP contribution is 2.33. The van der Waals surface area contributed by atoms with E-state index in [2.05, 4.69) is 23.3 Å². The van der Waals surface area contributed by atoms with Gasteiger partial charge in [0.2, 0.25) is 5.91 Å². The number of aryl methyl sites for hydroxylation is 1. The molecule has 92 valence electrons. The first-order valence-corrected chi connectivity index (χ1v) is 6.72. The van der Waals surface area contributed by atoms with E-state index in [-0.39, 0.29) is 5.91 Å². The minimum absolute atomic E-state index is 0.0645. The van der Waals surface area contributed by atoms with Gasteiger partial charge in [0.25, 0.3) is 0 Å². The fourth-order valence-corrected chi connectivity index (χ4v) is 2.84. The standard InChI is InChI=1S/C13H13N3OS/c1-2-7-3-8(10-6-18-13(14)15-10)4-9-5-11(17)16-12(7)9/h3-4,6H,2,5H2,1H3,(H2,14,15)(H,16,17). The van der Waals surface area contributed by atoms with Gasteiger partial charge in [0, 0.05) is 16.6 Å². The van der Waals surface area contributed by atoms with Gasteiger partial charge >= 0.3 is 0 Å². The largest absolute Gasteiger partial charge is 0.375 e. The van der Waals surface area contributed by atoms with E-state index in [1.807, 2.05) is 11.4 Å². The van der Waals surface area contributed by atoms with Gasteiger partial charge in [-0.05, 0) is 29.7 Å². The van der Waals surface area contributed by atoms with Gasteiger partial charge in [-0.15, -0.1) is 11.3 Å². The van der Waals surface area contributed by atoms with E-state index in [4.69, 9.17) is 5.73 Å². The summed E-state index contributed by atoms with van der Waals surface area (Å²) in [5.41, 5.74) is 10.8. The topological polar surface area (TPSA) is 68.0 Å². The average molecular weight is 259 g/mol. The van der Waals surface area contributed by atoms with Crippen molar-refractivity contribution in [3.63, 3.8) is 0 Å². The Morgan fingerprint density at radius 2 is 2.33 bits per heavy atom. The number of nitrogen functional groups attached to an aromatic ring is 1. The molecular formula is C13H13N3OS. The molecule has 0 aliphatic carbocycles. The molecule has 2 heterocycles. The van der Waals surface area contributed by atoms with Crippen molar-refractivity contribution in [2.24, 2.45) is 0 Å². The highest BCUT2D eigenvalue weighted by Gasteiger charge is 2.21. The molecule has 1 aliphatic heterocycles. The molecule has 18 heavy (non-hydrogen) atoms. The molecule has 3 N–H and O–H groups in total. The molecule has 2 aromatic rings. The van der Waals surface area contributed by atoms with Gasteiger partial charge in [-0.3, -0.25) is 4.79 Å². The Morgan fingerprint density at radius 3 is 3.00 bits per heavy atom. The summed E-state index contributed by atoms with van der Waals surface area (Å²) in [6, 6.07) is 4.11. The molecule has 4 nitrogen and oxygen atoms in total. The third kappa shape index (κ3) is 1.76. The molecule has 0 spiro atoms. The summed E-state index contributed by atoms with van der Waals surface area (Å²) in [5.74, 6) is 0.0645. The molecule has 3 rings (SSSR count). The lowest BCUT2D eigenvalue weighted by atomic mass is 10.00. The van der Waals surface area contributed by atoms with Crippen LogP contribution in [-0.4, -0.2) is 10.9 Å². The lowest BCUT2D eigenvalue weighted by Crippen LogP contribution is -2.04. The van der Waals surface area contributed by atoms with Crippen molar-refractivity contribution >= 4 is 28.1 Å². The summed E-state index contributed by atoms with van der Waals surface area (Å²) in [7, 11) is 0. The van der Waals surface area contributed by atoms with Gasteiger partial charge in [0.1, 0.15) is 0 Å². The van der Waals surface area contributed by atoms with Crippen LogP contribution in [0, 0.1) is 0 Å². The predicted octanol–water partition coefficient (Wildman–Crippen LogP) is 2.45. The summed E-state index contributed by atoms with van der Waals surface area (Å²) >= 11 is 1.43. The monoisotopic (exact) mass is 259 g/mol. The SMILES string of the molecule is CCc1cc(-c2csc(N)n2)cc2c1NC(=O)C2. The van der Waals surface area contributed by atoms with Crippen molar-refractivity contribution in [2.75, 3.05) is 11.1 Å². The van der Waals surface area contributed by atoms with Gasteiger partial charge in [-0.1, -0.05) is 6.92 Å². The Morgan fingerprint density at radius 1 is 1.50 bits per heavy atom. The molecule has 1 amide bonds. The maximum atomic E-state index is 11.5. The zero-order chi connectivity index (χ0) is 12.7. The molecule has 0 saturated heterocycles. The van der Waals surface area contributed by atoms with E-state index in [0.29, 0.717) is 11.6 Å². The number of nitrogens with zero attached hydrogens (tertiary/aromatic N) is 1. The Hall–Kier alpha value is -1.88. The summed E-state index contributed by atoms with van der Waals surface area (Å²) in [5, 5.41) is 5.43. The highest BCUT2D eigenvalue weighted by molar-refractivity contribution is 7.13. The summed E-state index contributed by atoms with van der Waals surface area (Å²) in [6.45, 7) is 2.08. The number of rotatable bonds is 2. The van der Waals surface area contributed by atoms with E-state index >= 15 is 0 Å². The second kappa shape index (κ2) is 4.10. The van der Waals surface area contributed by atoms with Crippen molar-refractivity contribution in [2.45, 2.75) is 19.8 Å². The molecule has 5 heteroatoms. The Kier molecular flexibility index (Phi) is 2.56. The van der Waals surface area contributed by atoms with Crippen LogP contribution in [0.3, 0.4) is 0 Å². The van der Waals surface area contributed by atoms with Crippen molar-refractivity contribution in [3.8, 4) is 11.3 Å². The third-order valence-corrected chi connectivity index (χ3v) is 3.79. The third-order valence-electron chi connectivity index (χ3n) is 3.12. The van der Waals surface area contributed by atoms with Crippen molar-refractivity contribution in [1.29, 1.82) is 0 Å². The molecule has 0 bridgehead atoms. The number of thiazole rings is 1. The molecule has 0 unspecified atom stereocenters. The maximum Gasteiger partial charge on any atom is 0.228 e. The number of nitrogens with one attached hydrogen (secondary N) is 1. The molecular weight excluding hydrogens is 246 g/mol. The second-order valence-corrected chi connectivity index (χ2v) is 5.21. The van der Waals surface area contributed by atoms with Gasteiger partial charge < -0.3 is 11.1 Å². The predicted molar refractivity (Wildman–Crippen MR) is 73.7 cm³/mol. The first kappa shape index (κ1) is 11.2. The number of fused-ring (bicyclic) bond motifs is 1. The van der Waals surface area contributed by atoms with E-state index in [1.165, 1.54) is 11.3 Å². The van der Waals surface area contributed by atoms with Gasteiger partial charge in [-0.2, -0.15) is 0 Å². The normalized spacial score (nSPS) is 13.5. The van der Waals surface area contributed by atoms with E-state index < -0.39 is 0 Å². The maximum absolute atomic E-state index is 11.5. The smallest absolute Gasteiger partial charge is 0.228 e. The number of benzene rings is 1. The number of aromatic nitrogens is 1. The van der Waals surface area contributed by atoms with Crippen LogP contribution in [0.15, 0.2) is 17.5 Å². The lowest BCUT2D eigenvalue weighted by molar-refractivity contribution is -0.115. The first-order valence-electron chi connectivity index (χ1n) is 5.84. The fourth-order valence-electron chi connectivity index (χ4n) is 2.27. The summed E-state index contributed by atoms with van der Waals surface area (Å²) < 4.78 is 0. The van der Waals surface area contributed by atoms with Crippen LogP contribution < -0.4 is 11.1 Å². The zero-order valence-electron chi connectivity index (χ0n) is 9.99. The molecule has 1 aromatic heterocycles. The molecule has 0 radical (unpaired) electrons. The fraction of sp³-hybridized carbons (Fsp3) is 0.231. The number of amides is 1. The van der Waals surface area contributed by atoms with Gasteiger partial charge in [-0.25, -0.2) is 4.98 Å². The van der Waals surface area contributed by atoms with Crippen molar-refractivity contribution < 1.29 is 4.79 Å². The minimum Gasteiger partial charge on any atom is -0.375 e. The number of nitrogens with two attached hydrogens (primary N) is 1. The van der Waals surface area contributed by atoms with Crippen molar-refractivity contribution in [3.05, 3.63) is 28.6 Å². The van der Waals surface area contributed by atoms with Crippen LogP contribution in [0.1, 0.15) is 18.1 Å². The first-order chi connectivity index (χ1) is 8.67. The van der Waals surface area contributed by atoms with Crippen molar-refractivity contribution in [1.82, 2.24) is 4.98 Å². The minimum atomic E-state index is 0.0645. The molecule has 0 atom stereocenters. The van der Waals surface area contributed by atoms with Crippen LogP contribution in [0.2, 0.25) is 0 Å². The number of carbonyl (C=O) groups excluding carboxylic acids is 1. The van der Waals surface area contributed by atoms with Crippen LogP contribution in [0.5, 0.6) is 0 Å². The molecule has 1 aromatic carbocycles. The number of carbonyl (C=O) groups is 1. The van der Waals surface area contributed by atoms with Crippen LogP contribution in [0.4, 0.5) is 10.8 Å². The van der Waals surface area contributed by atoms with E-state index in [1.54, 1.807) is 0 Å². The number of hydrogen-bond donors (Lipinski definition) is 2. The second-order valence-electron chi connectivity index (χ2n) is 4.32. The molecule has 0 fully saturated rings. The van der Waals surface area contributed by atoms with Crippen LogP contribution in [0.25, 0.3) is 11.3 Å². The average Bonchev–Trinajstić information content (AvgIpc) is 2.92. The van der Waals surface area contributed by atoms with Crippen LogP contribution >= 0.6 is 11.3 Å². The summed E-state index contributed by atoms with van der Waals surface area (Å²) in [4.78, 5) is 15.8. The summed E-state index contributed by atoms with van der Waals surface area (Å²) in [6.07, 6.45) is 1.34. The number of hydrogen-bond acceptors (Lipinski definition) is 4. The quantitative estimate of drug-likeness (QED) is 0.870. The Balaban J connectivity index is 2.13. The lowest BCUT2D eigenvalue weighted by Gasteiger charge is -2.08. The van der Waals surface area contributed by atoms with Crippen LogP contribution in [-0.2, 0) is 17.6 Å². The van der Waals surface area contributed by atoms with Gasteiger partial charge in [0.15, 0.2) is 5.13 Å². The highest BCUT2D eigenvalue weighted by atomic mass is 32.1. The Bertz CT molecular complexity index is 633. The van der Waals surface area contributed by atoms with Gasteiger partial charge in [0.05, 0.1) is 12.1 Å². The molecule has 1 aliphatic rings. The zero-order valence-corrected chi connectivity index (χ0v) is 10.8. The Labute approximate surface area is 109 Å². The molecule has 0 saturated carbocycles.